The third-order valence-electron chi connectivity index (χ3n) is 4.47. The van der Waals surface area contributed by atoms with Crippen molar-refractivity contribution in [3.8, 4) is 5.69 Å². The Bertz CT molecular complexity index is 600. The van der Waals surface area contributed by atoms with Gasteiger partial charge in [0.25, 0.3) is 0 Å². The second-order valence-corrected chi connectivity index (χ2v) is 6.01. The summed E-state index contributed by atoms with van der Waals surface area (Å²) < 4.78 is 2.14. The maximum Gasteiger partial charge on any atom is 0.0995 e. The zero-order valence-corrected chi connectivity index (χ0v) is 12.3. The summed E-state index contributed by atoms with van der Waals surface area (Å²) in [5, 5.41) is 0. The van der Waals surface area contributed by atoms with Gasteiger partial charge in [-0.05, 0) is 68.8 Å². The minimum absolute atomic E-state index is 0.661. The molecule has 1 aliphatic rings. The summed E-state index contributed by atoms with van der Waals surface area (Å²) in [5.41, 5.74) is 10.7. The highest BCUT2D eigenvalue weighted by Gasteiger charge is 2.38. The molecule has 1 aromatic carbocycles. The molecule has 106 valence electrons. The maximum atomic E-state index is 5.58. The van der Waals surface area contributed by atoms with E-state index in [2.05, 4.69) is 47.8 Å². The van der Waals surface area contributed by atoms with Gasteiger partial charge in [0.1, 0.15) is 0 Å². The second-order valence-electron chi connectivity index (χ2n) is 6.01. The minimum atomic E-state index is 0.661. The van der Waals surface area contributed by atoms with Crippen molar-refractivity contribution in [1.82, 2.24) is 9.55 Å². The lowest BCUT2D eigenvalue weighted by Crippen LogP contribution is -1.98. The molecule has 1 aliphatic carbocycles. The van der Waals surface area contributed by atoms with Crippen molar-refractivity contribution in [2.24, 2.45) is 11.7 Å². The molecule has 1 heterocycles. The lowest BCUT2D eigenvalue weighted by Gasteiger charge is -2.05. The molecule has 3 rings (SSSR count). The number of hydrogen-bond donors (Lipinski definition) is 1. The van der Waals surface area contributed by atoms with Gasteiger partial charge < -0.3 is 10.3 Å². The number of aryl methyl sites for hydroxylation is 2. The summed E-state index contributed by atoms with van der Waals surface area (Å²) in [6.45, 7) is 5.10. The van der Waals surface area contributed by atoms with E-state index in [1.807, 2.05) is 6.33 Å². The molecule has 2 unspecified atom stereocenters. The first-order chi connectivity index (χ1) is 9.69. The van der Waals surface area contributed by atoms with Crippen LogP contribution in [0.25, 0.3) is 5.69 Å². The third kappa shape index (κ3) is 2.63. The first-order valence-corrected chi connectivity index (χ1v) is 7.50. The highest BCUT2D eigenvalue weighted by Crippen LogP contribution is 2.49. The van der Waals surface area contributed by atoms with Crippen LogP contribution in [0.15, 0.2) is 30.7 Å². The van der Waals surface area contributed by atoms with Gasteiger partial charge in [0, 0.05) is 17.8 Å². The van der Waals surface area contributed by atoms with E-state index in [4.69, 9.17) is 5.73 Å². The predicted molar refractivity (Wildman–Crippen MR) is 82.2 cm³/mol. The van der Waals surface area contributed by atoms with Crippen LogP contribution in [0.1, 0.15) is 42.0 Å². The highest BCUT2D eigenvalue weighted by molar-refractivity contribution is 5.40. The predicted octanol–water partition coefficient (Wildman–Crippen LogP) is 3.33. The van der Waals surface area contributed by atoms with Gasteiger partial charge in [-0.1, -0.05) is 6.07 Å². The van der Waals surface area contributed by atoms with Gasteiger partial charge in [0.15, 0.2) is 0 Å². The van der Waals surface area contributed by atoms with Gasteiger partial charge in [-0.25, -0.2) is 4.98 Å². The van der Waals surface area contributed by atoms with Gasteiger partial charge in [-0.2, -0.15) is 0 Å². The Morgan fingerprint density at radius 1 is 1.30 bits per heavy atom. The lowest BCUT2D eigenvalue weighted by atomic mass is 10.1. The van der Waals surface area contributed by atoms with Crippen molar-refractivity contribution in [1.29, 1.82) is 0 Å². The molecule has 0 amide bonds. The number of hydrogen-bond acceptors (Lipinski definition) is 2. The summed E-state index contributed by atoms with van der Waals surface area (Å²) in [5.74, 6) is 1.47. The molecular weight excluding hydrogens is 246 g/mol. The molecule has 0 saturated heterocycles. The molecule has 20 heavy (non-hydrogen) atoms. The van der Waals surface area contributed by atoms with E-state index in [1.165, 1.54) is 35.3 Å². The van der Waals surface area contributed by atoms with Crippen LogP contribution in [0.3, 0.4) is 0 Å². The molecule has 0 bridgehead atoms. The molecule has 2 atom stereocenters. The number of aromatic nitrogens is 2. The van der Waals surface area contributed by atoms with Crippen molar-refractivity contribution < 1.29 is 0 Å². The van der Waals surface area contributed by atoms with Crippen LogP contribution < -0.4 is 5.73 Å². The fourth-order valence-corrected chi connectivity index (χ4v) is 2.87. The SMILES string of the molecule is Cc1ccc(-n2cnc(C3CC3CCCN)c2)cc1C. The van der Waals surface area contributed by atoms with E-state index >= 15 is 0 Å². The Balaban J connectivity index is 1.72. The number of nitrogens with two attached hydrogens (primary N) is 1. The van der Waals surface area contributed by atoms with Crippen LogP contribution >= 0.6 is 0 Å². The molecule has 3 nitrogen and oxygen atoms in total. The monoisotopic (exact) mass is 269 g/mol. The smallest absolute Gasteiger partial charge is 0.0995 e. The van der Waals surface area contributed by atoms with Gasteiger partial charge in [0.05, 0.1) is 12.0 Å². The number of rotatable bonds is 5. The van der Waals surface area contributed by atoms with Gasteiger partial charge in [0.2, 0.25) is 0 Å². The zero-order chi connectivity index (χ0) is 14.1. The van der Waals surface area contributed by atoms with Crippen LogP contribution in [0, 0.1) is 19.8 Å². The first kappa shape index (κ1) is 13.4. The summed E-state index contributed by atoms with van der Waals surface area (Å²) >= 11 is 0. The molecule has 0 aliphatic heterocycles. The van der Waals surface area contributed by atoms with Gasteiger partial charge in [-0.3, -0.25) is 0 Å². The Hall–Kier alpha value is -1.61. The molecule has 1 aromatic heterocycles. The Labute approximate surface area is 120 Å². The second kappa shape index (κ2) is 5.41. The topological polar surface area (TPSA) is 43.8 Å². The van der Waals surface area contributed by atoms with Crippen molar-refractivity contribution in [2.75, 3.05) is 6.54 Å². The van der Waals surface area contributed by atoms with Crippen molar-refractivity contribution in [3.63, 3.8) is 0 Å². The van der Waals surface area contributed by atoms with E-state index in [0.717, 1.165) is 18.9 Å². The molecule has 1 fully saturated rings. The first-order valence-electron chi connectivity index (χ1n) is 7.50. The van der Waals surface area contributed by atoms with E-state index in [-0.39, 0.29) is 0 Å². The average molecular weight is 269 g/mol. The summed E-state index contributed by atoms with van der Waals surface area (Å²) in [6, 6.07) is 6.55. The van der Waals surface area contributed by atoms with Crippen LogP contribution in [-0.4, -0.2) is 16.1 Å². The minimum Gasteiger partial charge on any atom is -0.330 e. The van der Waals surface area contributed by atoms with Crippen LogP contribution in [0.4, 0.5) is 0 Å². The van der Waals surface area contributed by atoms with E-state index in [1.54, 1.807) is 0 Å². The molecule has 0 radical (unpaired) electrons. The zero-order valence-electron chi connectivity index (χ0n) is 12.3. The Morgan fingerprint density at radius 3 is 2.90 bits per heavy atom. The van der Waals surface area contributed by atoms with Gasteiger partial charge in [-0.15, -0.1) is 0 Å². The standard InChI is InChI=1S/C17H23N3/c1-12-5-6-15(8-13(12)2)20-10-17(19-11-20)16-9-14(16)4-3-7-18/h5-6,8,10-11,14,16H,3-4,7,9,18H2,1-2H3. The van der Waals surface area contributed by atoms with Crippen LogP contribution in [0.2, 0.25) is 0 Å². The Kier molecular flexibility index (Phi) is 3.62. The van der Waals surface area contributed by atoms with E-state index in [0.29, 0.717) is 5.92 Å². The van der Waals surface area contributed by atoms with Gasteiger partial charge >= 0.3 is 0 Å². The molecule has 1 saturated carbocycles. The lowest BCUT2D eigenvalue weighted by molar-refractivity contribution is 0.655. The quantitative estimate of drug-likeness (QED) is 0.904. The molecular formula is C17H23N3. The molecule has 2 N–H and O–H groups in total. The van der Waals surface area contributed by atoms with Crippen LogP contribution in [0.5, 0.6) is 0 Å². The summed E-state index contributed by atoms with van der Waals surface area (Å²) in [7, 11) is 0. The average Bonchev–Trinajstić information content (AvgIpc) is 3.05. The van der Waals surface area contributed by atoms with Crippen molar-refractivity contribution in [3.05, 3.63) is 47.5 Å². The summed E-state index contributed by atoms with van der Waals surface area (Å²) in [4.78, 5) is 4.60. The number of nitrogens with zero attached hydrogens (tertiary/aromatic N) is 2. The molecule has 3 heteroatoms. The third-order valence-corrected chi connectivity index (χ3v) is 4.47. The van der Waals surface area contributed by atoms with Crippen LogP contribution in [-0.2, 0) is 0 Å². The number of benzene rings is 1. The van der Waals surface area contributed by atoms with E-state index < -0.39 is 0 Å². The highest BCUT2D eigenvalue weighted by atomic mass is 15.0. The fraction of sp³-hybridized carbons (Fsp3) is 0.471. The molecule has 2 aromatic rings. The van der Waals surface area contributed by atoms with Crippen molar-refractivity contribution >= 4 is 0 Å². The summed E-state index contributed by atoms with van der Waals surface area (Å²) in [6.07, 6.45) is 7.80. The van der Waals surface area contributed by atoms with Crippen molar-refractivity contribution in [2.45, 2.75) is 39.0 Å². The largest absolute Gasteiger partial charge is 0.330 e. The number of imidazole rings is 1. The Morgan fingerprint density at radius 2 is 2.15 bits per heavy atom. The molecule has 0 spiro atoms. The van der Waals surface area contributed by atoms with E-state index in [9.17, 15) is 0 Å². The normalized spacial score (nSPS) is 21.1. The maximum absolute atomic E-state index is 5.58. The fourth-order valence-electron chi connectivity index (χ4n) is 2.87.